The number of carbonyl (C=O) groups excluding carboxylic acids is 2. The molecule has 7 nitrogen and oxygen atoms in total. The number of hydrogen-bond acceptors (Lipinski definition) is 4. The van der Waals surface area contributed by atoms with Crippen molar-refractivity contribution in [1.29, 1.82) is 0 Å². The molecule has 2 unspecified atom stereocenters. The van der Waals surface area contributed by atoms with Crippen molar-refractivity contribution in [2.45, 2.75) is 31.4 Å². The van der Waals surface area contributed by atoms with Gasteiger partial charge in [0.05, 0.1) is 23.8 Å². The van der Waals surface area contributed by atoms with Crippen LogP contribution >= 0.6 is 0 Å². The highest BCUT2D eigenvalue weighted by atomic mass is 19.1. The number of carbonyl (C=O) groups is 2. The first-order valence-electron chi connectivity index (χ1n) is 10.8. The number of ether oxygens (including phenoxy) is 2. The van der Waals surface area contributed by atoms with Crippen LogP contribution in [0.15, 0.2) is 36.4 Å². The molecule has 32 heavy (non-hydrogen) atoms. The van der Waals surface area contributed by atoms with Gasteiger partial charge >= 0.3 is 6.03 Å². The monoisotopic (exact) mass is 443 g/mol. The molecule has 1 saturated heterocycles. The average molecular weight is 443 g/mol. The highest BCUT2D eigenvalue weighted by molar-refractivity contribution is 5.96. The van der Waals surface area contributed by atoms with Gasteiger partial charge in [-0.25, -0.2) is 13.6 Å². The lowest BCUT2D eigenvalue weighted by Crippen LogP contribution is -2.55. The molecule has 5 rings (SSSR count). The van der Waals surface area contributed by atoms with E-state index >= 15 is 0 Å². The Bertz CT molecular complexity index is 1060. The van der Waals surface area contributed by atoms with E-state index in [1.54, 1.807) is 29.2 Å². The maximum absolute atomic E-state index is 14.4. The molecule has 0 radical (unpaired) electrons. The van der Waals surface area contributed by atoms with E-state index in [1.807, 2.05) is 0 Å². The van der Waals surface area contributed by atoms with Gasteiger partial charge in [0.2, 0.25) is 0 Å². The number of likely N-dealkylation sites (tertiary alicyclic amines) is 1. The Kier molecular flexibility index (Phi) is 5.32. The summed E-state index contributed by atoms with van der Waals surface area (Å²) in [6.07, 6.45) is 2.17. The van der Waals surface area contributed by atoms with Gasteiger partial charge in [0.15, 0.2) is 6.10 Å². The molecular weight excluding hydrogens is 420 g/mol. The van der Waals surface area contributed by atoms with E-state index in [-0.39, 0.29) is 30.4 Å². The minimum atomic E-state index is -0.827. The van der Waals surface area contributed by atoms with E-state index in [2.05, 4.69) is 5.32 Å². The quantitative estimate of drug-likeness (QED) is 0.773. The van der Waals surface area contributed by atoms with Gasteiger partial charge in [0, 0.05) is 25.2 Å². The fourth-order valence-electron chi connectivity index (χ4n) is 4.49. The van der Waals surface area contributed by atoms with Crippen molar-refractivity contribution >= 4 is 17.6 Å². The summed E-state index contributed by atoms with van der Waals surface area (Å²) in [5.74, 6) is -1.15. The van der Waals surface area contributed by atoms with Crippen molar-refractivity contribution < 1.29 is 27.8 Å². The third kappa shape index (κ3) is 3.72. The zero-order valence-electron chi connectivity index (χ0n) is 17.4. The van der Waals surface area contributed by atoms with Gasteiger partial charge < -0.3 is 19.7 Å². The largest absolute Gasteiger partial charge is 0.490 e. The normalized spacial score (nSPS) is 21.8. The maximum atomic E-state index is 14.4. The van der Waals surface area contributed by atoms with Crippen LogP contribution in [0.3, 0.4) is 0 Å². The molecule has 2 atom stereocenters. The molecule has 1 N–H and O–H groups in total. The van der Waals surface area contributed by atoms with E-state index in [9.17, 15) is 18.4 Å². The second-order valence-corrected chi connectivity index (χ2v) is 8.18. The summed E-state index contributed by atoms with van der Waals surface area (Å²) in [6, 6.07) is 7.56. The number of piperidine rings is 1. The highest BCUT2D eigenvalue weighted by Crippen LogP contribution is 2.37. The van der Waals surface area contributed by atoms with Gasteiger partial charge in [-0.15, -0.1) is 0 Å². The molecular formula is C23H23F2N3O4. The summed E-state index contributed by atoms with van der Waals surface area (Å²) in [5, 5.41) is 2.76. The van der Waals surface area contributed by atoms with Gasteiger partial charge in [-0.3, -0.25) is 9.69 Å². The van der Waals surface area contributed by atoms with Gasteiger partial charge in [0.25, 0.3) is 5.91 Å². The standard InChI is InChI=1S/C23H23F2N3O4/c24-14-10-15(25)21-16(13-31-19(21)11-14)26-23(30)28-12-20(22(29)27-8-4-1-5-9-27)32-18-7-3-2-6-17(18)28/h2-3,6-7,10-11,16,20H,1,4-5,8-9,12-13H2,(H,26,30). The van der Waals surface area contributed by atoms with Crippen molar-refractivity contribution in [1.82, 2.24) is 10.2 Å². The van der Waals surface area contributed by atoms with E-state index in [4.69, 9.17) is 9.47 Å². The summed E-state index contributed by atoms with van der Waals surface area (Å²) >= 11 is 0. The van der Waals surface area contributed by atoms with Crippen LogP contribution in [-0.2, 0) is 4.79 Å². The number of benzene rings is 2. The molecule has 2 aromatic carbocycles. The molecule has 3 aliphatic rings. The molecule has 3 heterocycles. The molecule has 0 bridgehead atoms. The Morgan fingerprint density at radius 3 is 2.62 bits per heavy atom. The summed E-state index contributed by atoms with van der Waals surface area (Å²) < 4.78 is 39.1. The van der Waals surface area contributed by atoms with E-state index in [0.717, 1.165) is 31.4 Å². The lowest BCUT2D eigenvalue weighted by molar-refractivity contribution is -0.139. The lowest BCUT2D eigenvalue weighted by Gasteiger charge is -2.37. The highest BCUT2D eigenvalue weighted by Gasteiger charge is 2.38. The van der Waals surface area contributed by atoms with Crippen LogP contribution in [0.4, 0.5) is 19.3 Å². The average Bonchev–Trinajstić information content (AvgIpc) is 3.20. The van der Waals surface area contributed by atoms with Crippen LogP contribution in [0.2, 0.25) is 0 Å². The Morgan fingerprint density at radius 1 is 1.03 bits per heavy atom. The predicted molar refractivity (Wildman–Crippen MR) is 112 cm³/mol. The Morgan fingerprint density at radius 2 is 1.81 bits per heavy atom. The topological polar surface area (TPSA) is 71.1 Å². The Balaban J connectivity index is 1.38. The summed E-state index contributed by atoms with van der Waals surface area (Å²) in [6.45, 7) is 1.38. The summed E-state index contributed by atoms with van der Waals surface area (Å²) in [7, 11) is 0. The van der Waals surface area contributed by atoms with E-state index < -0.39 is 29.8 Å². The smallest absolute Gasteiger partial charge is 0.322 e. The molecule has 1 fully saturated rings. The Hall–Kier alpha value is -3.36. The van der Waals surface area contributed by atoms with Crippen LogP contribution in [0, 0.1) is 11.6 Å². The molecule has 168 valence electrons. The molecule has 9 heteroatoms. The number of hydrogen-bond donors (Lipinski definition) is 1. The first-order valence-corrected chi connectivity index (χ1v) is 10.8. The molecule has 3 aliphatic heterocycles. The van der Waals surface area contributed by atoms with E-state index in [0.29, 0.717) is 24.5 Å². The molecule has 3 amide bonds. The first-order chi connectivity index (χ1) is 15.5. The third-order valence-electron chi connectivity index (χ3n) is 6.07. The number of anilines is 1. The molecule has 0 spiro atoms. The van der Waals surface area contributed by atoms with Crippen LogP contribution in [0.5, 0.6) is 11.5 Å². The third-order valence-corrected chi connectivity index (χ3v) is 6.07. The molecule has 0 aromatic heterocycles. The number of amides is 3. The van der Waals surface area contributed by atoms with Crippen LogP contribution in [0.25, 0.3) is 0 Å². The minimum absolute atomic E-state index is 0.0103. The summed E-state index contributed by atoms with van der Waals surface area (Å²) in [4.78, 5) is 29.5. The predicted octanol–water partition coefficient (Wildman–Crippen LogP) is 3.39. The van der Waals surface area contributed by atoms with Crippen LogP contribution in [0.1, 0.15) is 30.9 Å². The van der Waals surface area contributed by atoms with Crippen molar-refractivity contribution in [2.24, 2.45) is 0 Å². The SMILES string of the molecule is O=C(C1CN(C(=O)NC2COc3cc(F)cc(F)c32)c2ccccc2O1)N1CCCCC1. The first kappa shape index (κ1) is 20.5. The minimum Gasteiger partial charge on any atom is -0.490 e. The number of urea groups is 1. The number of halogens is 2. The van der Waals surface area contributed by atoms with Gasteiger partial charge in [0.1, 0.15) is 29.7 Å². The number of fused-ring (bicyclic) bond motifs is 2. The maximum Gasteiger partial charge on any atom is 0.322 e. The van der Waals surface area contributed by atoms with Crippen molar-refractivity contribution in [3.63, 3.8) is 0 Å². The van der Waals surface area contributed by atoms with E-state index in [1.165, 1.54) is 4.90 Å². The molecule has 0 saturated carbocycles. The van der Waals surface area contributed by atoms with Crippen molar-refractivity contribution in [2.75, 3.05) is 31.1 Å². The molecule has 2 aromatic rings. The van der Waals surface area contributed by atoms with Gasteiger partial charge in [-0.05, 0) is 31.4 Å². The fourth-order valence-corrected chi connectivity index (χ4v) is 4.49. The number of para-hydroxylation sites is 2. The molecule has 0 aliphatic carbocycles. The van der Waals surface area contributed by atoms with Gasteiger partial charge in [-0.2, -0.15) is 0 Å². The van der Waals surface area contributed by atoms with Gasteiger partial charge in [-0.1, -0.05) is 12.1 Å². The zero-order chi connectivity index (χ0) is 22.2. The van der Waals surface area contributed by atoms with Crippen LogP contribution in [-0.4, -0.2) is 49.2 Å². The second-order valence-electron chi connectivity index (χ2n) is 8.18. The van der Waals surface area contributed by atoms with Crippen LogP contribution < -0.4 is 19.7 Å². The van der Waals surface area contributed by atoms with Crippen molar-refractivity contribution in [3.05, 3.63) is 53.6 Å². The Labute approximate surface area is 183 Å². The number of nitrogens with one attached hydrogen (secondary N) is 1. The lowest BCUT2D eigenvalue weighted by atomic mass is 10.1. The second kappa shape index (κ2) is 8.29. The number of rotatable bonds is 2. The number of nitrogens with zero attached hydrogens (tertiary/aromatic N) is 2. The van der Waals surface area contributed by atoms with Crippen molar-refractivity contribution in [3.8, 4) is 11.5 Å². The summed E-state index contributed by atoms with van der Waals surface area (Å²) in [5.41, 5.74) is 0.633. The fraction of sp³-hybridized carbons (Fsp3) is 0.391. The zero-order valence-corrected chi connectivity index (χ0v) is 17.4.